The Balaban J connectivity index is 2.16. The molecule has 1 heterocycles. The second kappa shape index (κ2) is 6.91. The fourth-order valence-electron chi connectivity index (χ4n) is 2.17. The number of nitrogens with one attached hydrogen (secondary N) is 3. The highest BCUT2D eigenvalue weighted by molar-refractivity contribution is 6.06. The summed E-state index contributed by atoms with van der Waals surface area (Å²) in [6.45, 7) is 0.811. The van der Waals surface area contributed by atoms with Crippen LogP contribution in [0.15, 0.2) is 35.6 Å². The SMILES string of the molecule is CC(=O)NC1(C(=O)NCc2cc(F)cc(C(F)(F)F)c2)C=NC=CN1. The maximum absolute atomic E-state index is 13.4. The molecule has 0 bridgehead atoms. The van der Waals surface area contributed by atoms with Crippen LogP contribution in [0, 0.1) is 5.82 Å². The Morgan fingerprint density at radius 3 is 2.56 bits per heavy atom. The van der Waals surface area contributed by atoms with Gasteiger partial charge in [0.1, 0.15) is 5.82 Å². The summed E-state index contributed by atoms with van der Waals surface area (Å²) in [4.78, 5) is 27.4. The highest BCUT2D eigenvalue weighted by atomic mass is 19.4. The van der Waals surface area contributed by atoms with Gasteiger partial charge in [0.2, 0.25) is 11.6 Å². The van der Waals surface area contributed by atoms with Crippen LogP contribution in [-0.2, 0) is 22.3 Å². The van der Waals surface area contributed by atoms with E-state index in [2.05, 4.69) is 20.9 Å². The molecular formula is C15H14F4N4O2. The van der Waals surface area contributed by atoms with Crippen molar-refractivity contribution in [2.45, 2.75) is 25.3 Å². The van der Waals surface area contributed by atoms with E-state index < -0.39 is 35.0 Å². The van der Waals surface area contributed by atoms with E-state index >= 15 is 0 Å². The summed E-state index contributed by atoms with van der Waals surface area (Å²) < 4.78 is 51.5. The van der Waals surface area contributed by atoms with Crippen LogP contribution in [-0.4, -0.2) is 23.7 Å². The lowest BCUT2D eigenvalue weighted by Crippen LogP contribution is -2.67. The van der Waals surface area contributed by atoms with E-state index in [4.69, 9.17) is 0 Å². The maximum atomic E-state index is 13.4. The quantitative estimate of drug-likeness (QED) is 0.713. The molecule has 2 rings (SSSR count). The number of carbonyl (C=O) groups is 2. The lowest BCUT2D eigenvalue weighted by Gasteiger charge is -2.30. The van der Waals surface area contributed by atoms with Crippen LogP contribution in [0.3, 0.4) is 0 Å². The molecule has 0 fully saturated rings. The van der Waals surface area contributed by atoms with E-state index in [-0.39, 0.29) is 12.1 Å². The van der Waals surface area contributed by atoms with Crippen LogP contribution in [0.5, 0.6) is 0 Å². The Morgan fingerprint density at radius 2 is 2.00 bits per heavy atom. The lowest BCUT2D eigenvalue weighted by atomic mass is 10.1. The highest BCUT2D eigenvalue weighted by Gasteiger charge is 2.38. The first-order chi connectivity index (χ1) is 11.6. The number of amides is 2. The molecule has 3 N–H and O–H groups in total. The van der Waals surface area contributed by atoms with Gasteiger partial charge in [0.05, 0.1) is 11.8 Å². The van der Waals surface area contributed by atoms with Crippen LogP contribution in [0.4, 0.5) is 17.6 Å². The number of halogens is 4. The van der Waals surface area contributed by atoms with Gasteiger partial charge in [-0.25, -0.2) is 4.39 Å². The standard InChI is InChI=1S/C15H14F4N4O2/c1-9(24)23-14(8-20-2-3-22-14)13(25)21-7-10-4-11(15(17,18)19)6-12(16)5-10/h2-6,8,22H,7H2,1H3,(H,21,25)(H,23,24). The lowest BCUT2D eigenvalue weighted by molar-refractivity contribution is -0.137. The van der Waals surface area contributed by atoms with Crippen LogP contribution in [0.1, 0.15) is 18.1 Å². The molecule has 1 aromatic rings. The average molecular weight is 358 g/mol. The van der Waals surface area contributed by atoms with Crippen LogP contribution >= 0.6 is 0 Å². The summed E-state index contributed by atoms with van der Waals surface area (Å²) in [7, 11) is 0. The summed E-state index contributed by atoms with van der Waals surface area (Å²) in [5, 5.41) is 7.33. The molecule has 0 spiro atoms. The summed E-state index contributed by atoms with van der Waals surface area (Å²) >= 11 is 0. The van der Waals surface area contributed by atoms with Crippen LogP contribution in [0.25, 0.3) is 0 Å². The monoisotopic (exact) mass is 358 g/mol. The van der Waals surface area contributed by atoms with Crippen molar-refractivity contribution in [2.75, 3.05) is 0 Å². The Bertz CT molecular complexity index is 746. The molecule has 1 atom stereocenters. The first kappa shape index (κ1) is 18.4. The van der Waals surface area contributed by atoms with Crippen molar-refractivity contribution in [3.8, 4) is 0 Å². The second-order valence-corrected chi connectivity index (χ2v) is 5.26. The largest absolute Gasteiger partial charge is 0.416 e. The number of alkyl halides is 3. The van der Waals surface area contributed by atoms with Gasteiger partial charge in [-0.15, -0.1) is 0 Å². The fourth-order valence-corrected chi connectivity index (χ4v) is 2.17. The number of hydrogen-bond donors (Lipinski definition) is 3. The van der Waals surface area contributed by atoms with Gasteiger partial charge >= 0.3 is 6.18 Å². The Kier molecular flexibility index (Phi) is 5.10. The average Bonchev–Trinajstić information content (AvgIpc) is 2.51. The number of aliphatic imine (C=N–C) groups is 1. The van der Waals surface area contributed by atoms with Crippen molar-refractivity contribution < 1.29 is 27.2 Å². The minimum atomic E-state index is -4.71. The number of nitrogens with zero attached hydrogens (tertiary/aromatic N) is 1. The topological polar surface area (TPSA) is 82.6 Å². The van der Waals surface area contributed by atoms with Crippen molar-refractivity contribution in [3.05, 3.63) is 47.5 Å². The molecular weight excluding hydrogens is 344 g/mol. The summed E-state index contributed by atoms with van der Waals surface area (Å²) in [6.07, 6.45) is -0.911. The van der Waals surface area contributed by atoms with E-state index in [1.54, 1.807) is 0 Å². The second-order valence-electron chi connectivity index (χ2n) is 5.26. The molecule has 6 nitrogen and oxygen atoms in total. The van der Waals surface area contributed by atoms with Crippen molar-refractivity contribution in [1.82, 2.24) is 16.0 Å². The molecule has 0 radical (unpaired) electrons. The van der Waals surface area contributed by atoms with Crippen molar-refractivity contribution in [2.24, 2.45) is 4.99 Å². The third-order valence-electron chi connectivity index (χ3n) is 3.21. The van der Waals surface area contributed by atoms with Gasteiger partial charge in [0, 0.05) is 25.9 Å². The minimum absolute atomic E-state index is 0.0815. The van der Waals surface area contributed by atoms with Gasteiger partial charge < -0.3 is 16.0 Å². The zero-order chi connectivity index (χ0) is 18.7. The minimum Gasteiger partial charge on any atom is -0.355 e. The smallest absolute Gasteiger partial charge is 0.355 e. The first-order valence-electron chi connectivity index (χ1n) is 7.03. The zero-order valence-corrected chi connectivity index (χ0v) is 12.9. The molecule has 0 aliphatic carbocycles. The van der Waals surface area contributed by atoms with Gasteiger partial charge in [0.15, 0.2) is 0 Å². The van der Waals surface area contributed by atoms with E-state index in [9.17, 15) is 27.2 Å². The number of rotatable bonds is 4. The normalized spacial score (nSPS) is 19.2. The molecule has 0 aromatic heterocycles. The van der Waals surface area contributed by atoms with E-state index in [1.165, 1.54) is 19.3 Å². The summed E-state index contributed by atoms with van der Waals surface area (Å²) in [5.74, 6) is -2.38. The number of carbonyl (C=O) groups excluding carboxylic acids is 2. The molecule has 134 valence electrons. The van der Waals surface area contributed by atoms with Gasteiger partial charge in [-0.3, -0.25) is 14.6 Å². The molecule has 0 saturated carbocycles. The van der Waals surface area contributed by atoms with E-state index in [0.717, 1.165) is 18.3 Å². The molecule has 10 heteroatoms. The van der Waals surface area contributed by atoms with Gasteiger partial charge in [-0.2, -0.15) is 13.2 Å². The molecule has 2 amide bonds. The van der Waals surface area contributed by atoms with Crippen molar-refractivity contribution >= 4 is 18.0 Å². The number of benzene rings is 1. The van der Waals surface area contributed by atoms with E-state index in [0.29, 0.717) is 6.07 Å². The van der Waals surface area contributed by atoms with Gasteiger partial charge in [-0.1, -0.05) is 0 Å². The molecule has 1 unspecified atom stereocenters. The van der Waals surface area contributed by atoms with E-state index in [1.807, 2.05) is 0 Å². The molecule has 1 aliphatic heterocycles. The highest BCUT2D eigenvalue weighted by Crippen LogP contribution is 2.30. The Morgan fingerprint density at radius 1 is 1.28 bits per heavy atom. The third-order valence-corrected chi connectivity index (χ3v) is 3.21. The Labute approximate surface area is 140 Å². The first-order valence-corrected chi connectivity index (χ1v) is 7.03. The van der Waals surface area contributed by atoms with Crippen molar-refractivity contribution in [1.29, 1.82) is 0 Å². The molecule has 0 saturated heterocycles. The fraction of sp³-hybridized carbons (Fsp3) is 0.267. The van der Waals surface area contributed by atoms with Crippen LogP contribution in [0.2, 0.25) is 0 Å². The van der Waals surface area contributed by atoms with Crippen LogP contribution < -0.4 is 16.0 Å². The van der Waals surface area contributed by atoms with Crippen molar-refractivity contribution in [3.63, 3.8) is 0 Å². The zero-order valence-electron chi connectivity index (χ0n) is 12.9. The predicted octanol–water partition coefficient (Wildman–Crippen LogP) is 1.44. The molecule has 25 heavy (non-hydrogen) atoms. The number of hydrogen-bond acceptors (Lipinski definition) is 4. The third kappa shape index (κ3) is 4.55. The Hall–Kier alpha value is -2.91. The predicted molar refractivity (Wildman–Crippen MR) is 80.6 cm³/mol. The molecule has 1 aliphatic rings. The molecule has 1 aromatic carbocycles. The van der Waals surface area contributed by atoms with Gasteiger partial charge in [-0.05, 0) is 23.8 Å². The summed E-state index contributed by atoms with van der Waals surface area (Å²) in [5.41, 5.74) is -2.92. The summed E-state index contributed by atoms with van der Waals surface area (Å²) in [6, 6.07) is 1.98. The maximum Gasteiger partial charge on any atom is 0.416 e. The van der Waals surface area contributed by atoms with Gasteiger partial charge in [0.25, 0.3) is 5.91 Å².